The first-order chi connectivity index (χ1) is 8.35. The van der Waals surface area contributed by atoms with Crippen molar-refractivity contribution in [2.75, 3.05) is 0 Å². The molecule has 0 heterocycles. The smallest absolute Gasteiger partial charge is 0.273 e. The van der Waals surface area contributed by atoms with E-state index in [1.807, 2.05) is 20.8 Å². The first kappa shape index (κ1) is 14.2. The predicted octanol–water partition coefficient (Wildman–Crippen LogP) is 2.44. The van der Waals surface area contributed by atoms with Gasteiger partial charge in [0, 0.05) is 17.2 Å². The van der Waals surface area contributed by atoms with Crippen molar-refractivity contribution in [2.24, 2.45) is 0 Å². The third-order valence-corrected chi connectivity index (χ3v) is 2.90. The minimum atomic E-state index is -0.465. The quantitative estimate of drug-likeness (QED) is 0.644. The standard InChI is InChI=1S/C13H18N2O3/c1-4-13(2,3)14-12(16)9-10-7-5-6-8-11(10)15(17)18/h5-8H,4,9H2,1-3H3,(H,14,16). The molecule has 5 heteroatoms. The van der Waals surface area contributed by atoms with Crippen LogP contribution in [0, 0.1) is 10.1 Å². The summed E-state index contributed by atoms with van der Waals surface area (Å²) in [6.45, 7) is 5.82. The van der Waals surface area contributed by atoms with Crippen molar-refractivity contribution >= 4 is 11.6 Å². The minimum absolute atomic E-state index is 0.0121. The molecule has 0 aliphatic rings. The van der Waals surface area contributed by atoms with E-state index >= 15 is 0 Å². The highest BCUT2D eigenvalue weighted by Crippen LogP contribution is 2.18. The number of benzene rings is 1. The van der Waals surface area contributed by atoms with Gasteiger partial charge >= 0.3 is 0 Å². The van der Waals surface area contributed by atoms with Crippen molar-refractivity contribution < 1.29 is 9.72 Å². The number of carbonyl (C=O) groups is 1. The topological polar surface area (TPSA) is 72.2 Å². The molecule has 98 valence electrons. The fraction of sp³-hybridized carbons (Fsp3) is 0.462. The van der Waals surface area contributed by atoms with E-state index in [9.17, 15) is 14.9 Å². The molecule has 0 atom stereocenters. The molecule has 1 aromatic carbocycles. The SMILES string of the molecule is CCC(C)(C)NC(=O)Cc1ccccc1[N+](=O)[O-]. The van der Waals surface area contributed by atoms with Crippen LogP contribution in [0.4, 0.5) is 5.69 Å². The van der Waals surface area contributed by atoms with E-state index in [-0.39, 0.29) is 23.6 Å². The largest absolute Gasteiger partial charge is 0.351 e. The summed E-state index contributed by atoms with van der Waals surface area (Å²) in [7, 11) is 0. The Labute approximate surface area is 106 Å². The van der Waals surface area contributed by atoms with Crippen LogP contribution < -0.4 is 5.32 Å². The summed E-state index contributed by atoms with van der Waals surface area (Å²) in [5.41, 5.74) is 0.134. The Morgan fingerprint density at radius 1 is 1.39 bits per heavy atom. The Hall–Kier alpha value is -1.91. The van der Waals surface area contributed by atoms with Crippen molar-refractivity contribution in [3.05, 3.63) is 39.9 Å². The highest BCUT2D eigenvalue weighted by molar-refractivity contribution is 5.80. The Bertz CT molecular complexity index is 455. The lowest BCUT2D eigenvalue weighted by atomic mass is 10.0. The summed E-state index contributed by atoms with van der Waals surface area (Å²) in [5.74, 6) is -0.198. The van der Waals surface area contributed by atoms with Crippen molar-refractivity contribution in [2.45, 2.75) is 39.2 Å². The zero-order valence-corrected chi connectivity index (χ0v) is 10.9. The molecule has 1 aromatic rings. The molecule has 5 nitrogen and oxygen atoms in total. The fourth-order valence-electron chi connectivity index (χ4n) is 1.52. The number of nitrogens with zero attached hydrogens (tertiary/aromatic N) is 1. The number of hydrogen-bond donors (Lipinski definition) is 1. The lowest BCUT2D eigenvalue weighted by Crippen LogP contribution is -2.43. The number of nitro benzene ring substituents is 1. The van der Waals surface area contributed by atoms with Crippen molar-refractivity contribution in [3.63, 3.8) is 0 Å². The number of carbonyl (C=O) groups excluding carboxylic acids is 1. The lowest BCUT2D eigenvalue weighted by molar-refractivity contribution is -0.385. The molecule has 0 aliphatic heterocycles. The van der Waals surface area contributed by atoms with Crippen LogP contribution in [0.15, 0.2) is 24.3 Å². The maximum absolute atomic E-state index is 11.8. The van der Waals surface area contributed by atoms with E-state index in [1.54, 1.807) is 18.2 Å². The van der Waals surface area contributed by atoms with E-state index in [2.05, 4.69) is 5.32 Å². The van der Waals surface area contributed by atoms with Crippen LogP contribution >= 0.6 is 0 Å². The van der Waals surface area contributed by atoms with Gasteiger partial charge in [-0.05, 0) is 20.3 Å². The van der Waals surface area contributed by atoms with Gasteiger partial charge in [0.15, 0.2) is 0 Å². The summed E-state index contributed by atoms with van der Waals surface area (Å²) in [5, 5.41) is 13.7. The van der Waals surface area contributed by atoms with Gasteiger partial charge in [-0.3, -0.25) is 14.9 Å². The van der Waals surface area contributed by atoms with Crippen LogP contribution in [0.1, 0.15) is 32.8 Å². The molecule has 0 unspecified atom stereocenters. The molecular formula is C13H18N2O3. The van der Waals surface area contributed by atoms with Crippen molar-refractivity contribution in [1.82, 2.24) is 5.32 Å². The Balaban J connectivity index is 2.80. The van der Waals surface area contributed by atoms with E-state index in [4.69, 9.17) is 0 Å². The van der Waals surface area contributed by atoms with Gasteiger partial charge < -0.3 is 5.32 Å². The molecule has 0 aliphatic carbocycles. The maximum Gasteiger partial charge on any atom is 0.273 e. The average Bonchev–Trinajstić information content (AvgIpc) is 2.28. The monoisotopic (exact) mass is 250 g/mol. The van der Waals surface area contributed by atoms with E-state index in [0.29, 0.717) is 5.56 Å². The first-order valence-corrected chi connectivity index (χ1v) is 5.89. The molecule has 0 fully saturated rings. The van der Waals surface area contributed by atoms with E-state index < -0.39 is 4.92 Å². The van der Waals surface area contributed by atoms with Crippen LogP contribution in [0.25, 0.3) is 0 Å². The Morgan fingerprint density at radius 3 is 2.56 bits per heavy atom. The second kappa shape index (κ2) is 5.62. The van der Waals surface area contributed by atoms with E-state index in [1.165, 1.54) is 6.07 Å². The van der Waals surface area contributed by atoms with E-state index in [0.717, 1.165) is 6.42 Å². The van der Waals surface area contributed by atoms with Crippen LogP contribution in [-0.2, 0) is 11.2 Å². The number of nitro groups is 1. The summed E-state index contributed by atoms with van der Waals surface area (Å²) < 4.78 is 0. The molecule has 1 rings (SSSR count). The molecule has 1 amide bonds. The highest BCUT2D eigenvalue weighted by Gasteiger charge is 2.20. The molecule has 18 heavy (non-hydrogen) atoms. The first-order valence-electron chi connectivity index (χ1n) is 5.89. The molecule has 0 bridgehead atoms. The van der Waals surface area contributed by atoms with Gasteiger partial charge in [-0.1, -0.05) is 25.1 Å². The van der Waals surface area contributed by atoms with Crippen LogP contribution in [0.2, 0.25) is 0 Å². The summed E-state index contributed by atoms with van der Waals surface area (Å²) >= 11 is 0. The molecule has 0 aromatic heterocycles. The van der Waals surface area contributed by atoms with Gasteiger partial charge in [-0.15, -0.1) is 0 Å². The number of rotatable bonds is 5. The van der Waals surface area contributed by atoms with Crippen molar-refractivity contribution in [3.8, 4) is 0 Å². The molecule has 1 N–H and O–H groups in total. The normalized spacial score (nSPS) is 11.1. The second-order valence-corrected chi connectivity index (χ2v) is 4.85. The molecular weight excluding hydrogens is 232 g/mol. The third kappa shape index (κ3) is 3.84. The molecule has 0 radical (unpaired) electrons. The maximum atomic E-state index is 11.8. The molecule has 0 spiro atoms. The van der Waals surface area contributed by atoms with Crippen LogP contribution in [0.5, 0.6) is 0 Å². The van der Waals surface area contributed by atoms with Gasteiger partial charge in [0.05, 0.1) is 11.3 Å². The van der Waals surface area contributed by atoms with Crippen molar-refractivity contribution in [1.29, 1.82) is 0 Å². The van der Waals surface area contributed by atoms with Gasteiger partial charge in [0.1, 0.15) is 0 Å². The van der Waals surface area contributed by atoms with Crippen LogP contribution in [0.3, 0.4) is 0 Å². The number of nitrogens with one attached hydrogen (secondary N) is 1. The summed E-state index contributed by atoms with van der Waals surface area (Å²) in [6.07, 6.45) is 0.830. The lowest BCUT2D eigenvalue weighted by Gasteiger charge is -2.24. The van der Waals surface area contributed by atoms with Gasteiger partial charge in [-0.2, -0.15) is 0 Å². The van der Waals surface area contributed by atoms with Gasteiger partial charge in [0.2, 0.25) is 5.91 Å². The molecule has 0 saturated carbocycles. The van der Waals surface area contributed by atoms with Gasteiger partial charge in [-0.25, -0.2) is 0 Å². The number of para-hydroxylation sites is 1. The Kier molecular flexibility index (Phi) is 4.42. The van der Waals surface area contributed by atoms with Crippen LogP contribution in [-0.4, -0.2) is 16.4 Å². The highest BCUT2D eigenvalue weighted by atomic mass is 16.6. The average molecular weight is 250 g/mol. The molecule has 0 saturated heterocycles. The Morgan fingerprint density at radius 2 is 2.00 bits per heavy atom. The second-order valence-electron chi connectivity index (χ2n) is 4.85. The summed E-state index contributed by atoms with van der Waals surface area (Å²) in [6, 6.07) is 6.31. The minimum Gasteiger partial charge on any atom is -0.351 e. The van der Waals surface area contributed by atoms with Gasteiger partial charge in [0.25, 0.3) is 5.69 Å². The zero-order valence-electron chi connectivity index (χ0n) is 10.9. The zero-order chi connectivity index (χ0) is 13.8. The predicted molar refractivity (Wildman–Crippen MR) is 69.3 cm³/mol. The fourth-order valence-corrected chi connectivity index (χ4v) is 1.52. The number of amides is 1. The number of hydrogen-bond acceptors (Lipinski definition) is 3. The third-order valence-electron chi connectivity index (χ3n) is 2.90. The summed E-state index contributed by atoms with van der Waals surface area (Å²) in [4.78, 5) is 22.2.